The molecular weight excluding hydrogens is 214 g/mol. The van der Waals surface area contributed by atoms with Gasteiger partial charge in [-0.15, -0.1) is 0 Å². The number of rotatable bonds is 5. The maximum Gasteiger partial charge on any atom is 0.127 e. The van der Waals surface area contributed by atoms with Gasteiger partial charge in [0.15, 0.2) is 0 Å². The zero-order valence-electron chi connectivity index (χ0n) is 10.6. The first-order valence-corrected chi connectivity index (χ1v) is 6.32. The summed E-state index contributed by atoms with van der Waals surface area (Å²) >= 11 is 0. The van der Waals surface area contributed by atoms with Crippen LogP contribution in [0.25, 0.3) is 0 Å². The van der Waals surface area contributed by atoms with E-state index in [1.165, 1.54) is 6.42 Å². The molecule has 1 aliphatic rings. The maximum absolute atomic E-state index is 5.89. The maximum atomic E-state index is 5.89. The quantitative estimate of drug-likeness (QED) is 0.798. The van der Waals surface area contributed by atoms with Crippen molar-refractivity contribution in [2.75, 3.05) is 13.2 Å². The van der Waals surface area contributed by atoms with E-state index in [0.29, 0.717) is 6.61 Å². The first-order valence-electron chi connectivity index (χ1n) is 6.32. The van der Waals surface area contributed by atoms with E-state index in [4.69, 9.17) is 15.2 Å². The lowest BCUT2D eigenvalue weighted by Gasteiger charge is -2.09. The summed E-state index contributed by atoms with van der Waals surface area (Å²) in [5.74, 6) is 2.49. The Morgan fingerprint density at radius 2 is 2.29 bits per heavy atom. The number of benzene rings is 1. The number of hydrogen-bond donors (Lipinski definition) is 1. The third-order valence-electron chi connectivity index (χ3n) is 3.00. The van der Waals surface area contributed by atoms with Crippen LogP contribution in [0.5, 0.6) is 11.5 Å². The minimum atomic E-state index is 0.0139. The predicted octanol–water partition coefficient (Wildman–Crippen LogP) is 2.89. The Morgan fingerprint density at radius 3 is 3.06 bits per heavy atom. The molecule has 0 aromatic heterocycles. The van der Waals surface area contributed by atoms with E-state index in [2.05, 4.69) is 13.8 Å². The van der Waals surface area contributed by atoms with Crippen LogP contribution >= 0.6 is 0 Å². The average Bonchev–Trinajstić information content (AvgIpc) is 2.66. The summed E-state index contributed by atoms with van der Waals surface area (Å²) in [5.41, 5.74) is 6.97. The molecule has 1 atom stereocenters. The minimum Gasteiger partial charge on any atom is -0.493 e. The van der Waals surface area contributed by atoms with Crippen LogP contribution in [0.3, 0.4) is 0 Å². The van der Waals surface area contributed by atoms with Crippen LogP contribution in [-0.4, -0.2) is 13.2 Å². The molecule has 0 fully saturated rings. The molecule has 0 saturated heterocycles. The molecule has 0 spiro atoms. The van der Waals surface area contributed by atoms with Gasteiger partial charge in [0, 0.05) is 11.6 Å². The zero-order valence-corrected chi connectivity index (χ0v) is 10.6. The number of nitrogens with two attached hydrogens (primary N) is 1. The fraction of sp³-hybridized carbons (Fsp3) is 0.571. The molecule has 0 amide bonds. The highest BCUT2D eigenvalue weighted by Gasteiger charge is 2.20. The van der Waals surface area contributed by atoms with Gasteiger partial charge in [0.1, 0.15) is 18.1 Å². The first-order chi connectivity index (χ1) is 8.16. The molecule has 1 aromatic rings. The van der Waals surface area contributed by atoms with Crippen LogP contribution in [-0.2, 0) is 0 Å². The van der Waals surface area contributed by atoms with Crippen molar-refractivity contribution in [2.45, 2.75) is 32.7 Å². The van der Waals surface area contributed by atoms with Crippen LogP contribution in [0.1, 0.15) is 38.3 Å². The third kappa shape index (κ3) is 3.13. The van der Waals surface area contributed by atoms with Gasteiger partial charge in [-0.2, -0.15) is 0 Å². The molecule has 1 aliphatic heterocycles. The fourth-order valence-electron chi connectivity index (χ4n) is 1.99. The van der Waals surface area contributed by atoms with Gasteiger partial charge >= 0.3 is 0 Å². The molecule has 1 unspecified atom stereocenters. The molecule has 0 bridgehead atoms. The van der Waals surface area contributed by atoms with Gasteiger partial charge in [-0.1, -0.05) is 13.8 Å². The molecule has 3 nitrogen and oxygen atoms in total. The van der Waals surface area contributed by atoms with Gasteiger partial charge in [0.05, 0.1) is 12.6 Å². The van der Waals surface area contributed by atoms with E-state index in [9.17, 15) is 0 Å². The molecule has 2 rings (SSSR count). The van der Waals surface area contributed by atoms with Crippen molar-refractivity contribution in [1.29, 1.82) is 0 Å². The largest absolute Gasteiger partial charge is 0.493 e. The molecule has 17 heavy (non-hydrogen) atoms. The second kappa shape index (κ2) is 5.41. The lowest BCUT2D eigenvalue weighted by atomic mass is 10.1. The summed E-state index contributed by atoms with van der Waals surface area (Å²) in [4.78, 5) is 0. The van der Waals surface area contributed by atoms with Gasteiger partial charge in [0.25, 0.3) is 0 Å². The van der Waals surface area contributed by atoms with Gasteiger partial charge in [-0.3, -0.25) is 0 Å². The van der Waals surface area contributed by atoms with E-state index in [1.54, 1.807) is 0 Å². The highest BCUT2D eigenvalue weighted by Crippen LogP contribution is 2.33. The first kappa shape index (κ1) is 12.2. The zero-order chi connectivity index (χ0) is 12.3. The van der Waals surface area contributed by atoms with Crippen LogP contribution < -0.4 is 15.2 Å². The molecule has 2 N–H and O–H groups in total. The van der Waals surface area contributed by atoms with Crippen molar-refractivity contribution in [3.8, 4) is 11.5 Å². The minimum absolute atomic E-state index is 0.0139. The van der Waals surface area contributed by atoms with Crippen LogP contribution in [0.4, 0.5) is 0 Å². The summed E-state index contributed by atoms with van der Waals surface area (Å²) in [7, 11) is 0. The smallest absolute Gasteiger partial charge is 0.127 e. The van der Waals surface area contributed by atoms with Gasteiger partial charge in [-0.05, 0) is 30.9 Å². The second-order valence-corrected chi connectivity index (χ2v) is 5.00. The average molecular weight is 235 g/mol. The molecule has 94 valence electrons. The number of hydrogen-bond acceptors (Lipinski definition) is 3. The van der Waals surface area contributed by atoms with Crippen molar-refractivity contribution in [3.63, 3.8) is 0 Å². The van der Waals surface area contributed by atoms with Crippen molar-refractivity contribution < 1.29 is 9.47 Å². The molecular formula is C14H21NO2. The summed E-state index contributed by atoms with van der Waals surface area (Å²) < 4.78 is 11.2. The molecule has 1 heterocycles. The van der Waals surface area contributed by atoms with Crippen molar-refractivity contribution in [2.24, 2.45) is 11.7 Å². The van der Waals surface area contributed by atoms with Gasteiger partial charge in [0.2, 0.25) is 0 Å². The standard InChI is InChI=1S/C14H21NO2/c1-10(2)4-3-7-16-11-5-6-12-13(15)9-17-14(12)8-11/h5-6,8,10,13H,3-4,7,9,15H2,1-2H3. The van der Waals surface area contributed by atoms with Crippen molar-refractivity contribution >= 4 is 0 Å². The SMILES string of the molecule is CC(C)CCCOc1ccc2c(c1)OCC2N. The highest BCUT2D eigenvalue weighted by atomic mass is 16.5. The van der Waals surface area contributed by atoms with Gasteiger partial charge in [-0.25, -0.2) is 0 Å². The normalized spacial score (nSPS) is 18.0. The Labute approximate surface area is 103 Å². The van der Waals surface area contributed by atoms with E-state index in [1.807, 2.05) is 18.2 Å². The summed E-state index contributed by atoms with van der Waals surface area (Å²) in [5, 5.41) is 0. The lowest BCUT2D eigenvalue weighted by molar-refractivity contribution is 0.294. The Kier molecular flexibility index (Phi) is 3.89. The summed E-state index contributed by atoms with van der Waals surface area (Å²) in [6.07, 6.45) is 2.29. The Bertz CT molecular complexity index is 376. The Hall–Kier alpha value is -1.22. The topological polar surface area (TPSA) is 44.5 Å². The predicted molar refractivity (Wildman–Crippen MR) is 68.4 cm³/mol. The summed E-state index contributed by atoms with van der Waals surface area (Å²) in [6, 6.07) is 5.94. The number of ether oxygens (including phenoxy) is 2. The molecule has 0 saturated carbocycles. The van der Waals surface area contributed by atoms with Crippen molar-refractivity contribution in [3.05, 3.63) is 23.8 Å². The molecule has 0 radical (unpaired) electrons. The monoisotopic (exact) mass is 235 g/mol. The Balaban J connectivity index is 1.86. The Morgan fingerprint density at radius 1 is 1.47 bits per heavy atom. The lowest BCUT2D eigenvalue weighted by Crippen LogP contribution is -2.10. The van der Waals surface area contributed by atoms with E-state index < -0.39 is 0 Å². The number of fused-ring (bicyclic) bond motifs is 1. The van der Waals surface area contributed by atoms with E-state index >= 15 is 0 Å². The van der Waals surface area contributed by atoms with Crippen LogP contribution in [0.2, 0.25) is 0 Å². The molecule has 1 aromatic carbocycles. The van der Waals surface area contributed by atoms with Crippen molar-refractivity contribution in [1.82, 2.24) is 0 Å². The van der Waals surface area contributed by atoms with Gasteiger partial charge < -0.3 is 15.2 Å². The third-order valence-corrected chi connectivity index (χ3v) is 3.00. The van der Waals surface area contributed by atoms with E-state index in [-0.39, 0.29) is 6.04 Å². The van der Waals surface area contributed by atoms with Crippen LogP contribution in [0, 0.1) is 5.92 Å². The second-order valence-electron chi connectivity index (χ2n) is 5.00. The summed E-state index contributed by atoms with van der Waals surface area (Å²) in [6.45, 7) is 5.80. The van der Waals surface area contributed by atoms with E-state index in [0.717, 1.165) is 36.0 Å². The fourth-order valence-corrected chi connectivity index (χ4v) is 1.99. The van der Waals surface area contributed by atoms with Crippen LogP contribution in [0.15, 0.2) is 18.2 Å². The molecule has 0 aliphatic carbocycles. The molecule has 3 heteroatoms. The highest BCUT2D eigenvalue weighted by molar-refractivity contribution is 5.44.